The van der Waals surface area contributed by atoms with Gasteiger partial charge in [0.15, 0.2) is 0 Å². The van der Waals surface area contributed by atoms with Crippen LogP contribution < -0.4 is 10.3 Å². The Morgan fingerprint density at radius 3 is 2.53 bits per heavy atom. The van der Waals surface area contributed by atoms with Crippen molar-refractivity contribution < 1.29 is 4.74 Å². The van der Waals surface area contributed by atoms with Gasteiger partial charge in [-0.15, -0.1) is 0 Å². The molecule has 8 heteroatoms. The molecule has 3 aromatic heterocycles. The van der Waals surface area contributed by atoms with Gasteiger partial charge in [-0.3, -0.25) is 14.3 Å². The molecular weight excluding hydrogens is 492 g/mol. The molecule has 0 bridgehead atoms. The van der Waals surface area contributed by atoms with Crippen molar-refractivity contribution in [3.05, 3.63) is 61.5 Å². The summed E-state index contributed by atoms with van der Waals surface area (Å²) in [4.78, 5) is 27.0. The van der Waals surface area contributed by atoms with Crippen LogP contribution in [0.2, 0.25) is 5.02 Å². The van der Waals surface area contributed by atoms with Gasteiger partial charge in [0.2, 0.25) is 0 Å². The summed E-state index contributed by atoms with van der Waals surface area (Å²) in [6.45, 7) is 12.6. The van der Waals surface area contributed by atoms with E-state index in [0.29, 0.717) is 44.6 Å². The summed E-state index contributed by atoms with van der Waals surface area (Å²) in [6, 6.07) is 3.63. The summed E-state index contributed by atoms with van der Waals surface area (Å²) in [6.07, 6.45) is 5.29. The van der Waals surface area contributed by atoms with Gasteiger partial charge in [0.05, 0.1) is 28.7 Å². The Morgan fingerprint density at radius 1 is 1.16 bits per heavy atom. The molecule has 0 spiro atoms. The third-order valence-electron chi connectivity index (χ3n) is 5.02. The largest absolute Gasteiger partial charge is 0.492 e. The van der Waals surface area contributed by atoms with E-state index >= 15 is 0 Å². The second-order valence-electron chi connectivity index (χ2n) is 8.80. The Hall–Kier alpha value is -2.25. The Morgan fingerprint density at radius 2 is 1.88 bits per heavy atom. The Kier molecular flexibility index (Phi) is 7.40. The van der Waals surface area contributed by atoms with Crippen molar-refractivity contribution in [1.29, 1.82) is 0 Å². The molecule has 32 heavy (non-hydrogen) atoms. The van der Waals surface area contributed by atoms with Crippen LogP contribution in [0.5, 0.6) is 5.75 Å². The number of aryl methyl sites for hydroxylation is 2. The second-order valence-corrected chi connectivity index (χ2v) is 10.0. The van der Waals surface area contributed by atoms with Crippen molar-refractivity contribution in [2.24, 2.45) is 0 Å². The number of unbranched alkanes of at least 4 members (excludes halogenated alkanes) is 1. The molecule has 0 fully saturated rings. The highest BCUT2D eigenvalue weighted by Crippen LogP contribution is 2.30. The minimum Gasteiger partial charge on any atom is -0.492 e. The Bertz CT molecular complexity index is 1200. The number of halogens is 2. The van der Waals surface area contributed by atoms with Crippen molar-refractivity contribution in [2.45, 2.75) is 59.8 Å². The second kappa shape index (κ2) is 9.71. The number of aromatic nitrogens is 4. The molecule has 170 valence electrons. The van der Waals surface area contributed by atoms with Gasteiger partial charge in [-0.25, -0.2) is 9.97 Å². The average molecular weight is 520 g/mol. The molecule has 0 aromatic carbocycles. The van der Waals surface area contributed by atoms with Crippen LogP contribution in [0.1, 0.15) is 57.6 Å². The zero-order valence-corrected chi connectivity index (χ0v) is 21.6. The average Bonchev–Trinajstić information content (AvgIpc) is 2.72. The van der Waals surface area contributed by atoms with Crippen LogP contribution in [-0.4, -0.2) is 26.1 Å². The number of hydrogen-bond donors (Lipinski definition) is 0. The maximum absolute atomic E-state index is 13.2. The van der Waals surface area contributed by atoms with Gasteiger partial charge in [-0.1, -0.05) is 45.7 Å². The van der Waals surface area contributed by atoms with Gasteiger partial charge in [0, 0.05) is 29.6 Å². The molecule has 0 atom stereocenters. The fourth-order valence-electron chi connectivity index (χ4n) is 3.20. The summed E-state index contributed by atoms with van der Waals surface area (Å²) < 4.78 is 7.72. The van der Waals surface area contributed by atoms with Crippen LogP contribution in [-0.2, 0) is 5.41 Å². The van der Waals surface area contributed by atoms with Gasteiger partial charge >= 0.3 is 0 Å². The number of pyridine rings is 2. The zero-order chi connectivity index (χ0) is 23.6. The Labute approximate surface area is 202 Å². The smallest absolute Gasteiger partial charge is 0.273 e. The standard InChI is InChI=1S/C24H28BrClN4O2/c1-7-8-9-32-19-10-15(3)30(22(31)20(19)25)18-11-17(27-13-16(18)26)21-14(2)12-28-23(29-21)24(4,5)6/h10-13H,7-9H2,1-6H3. The molecule has 0 amide bonds. The van der Waals surface area contributed by atoms with Crippen molar-refractivity contribution in [1.82, 2.24) is 19.5 Å². The Balaban J connectivity index is 2.14. The molecule has 0 aliphatic carbocycles. The van der Waals surface area contributed by atoms with E-state index in [9.17, 15) is 4.79 Å². The van der Waals surface area contributed by atoms with Crippen LogP contribution in [0.25, 0.3) is 17.1 Å². The first kappa shape index (κ1) is 24.4. The van der Waals surface area contributed by atoms with Crippen LogP contribution in [0.4, 0.5) is 0 Å². The topological polar surface area (TPSA) is 69.9 Å². The van der Waals surface area contributed by atoms with E-state index in [1.54, 1.807) is 23.0 Å². The molecule has 0 aliphatic heterocycles. The maximum atomic E-state index is 13.2. The SMILES string of the molecule is CCCCOc1cc(C)n(-c2cc(-c3nc(C(C)(C)C)ncc3C)ncc2Cl)c(=O)c1Br. The summed E-state index contributed by atoms with van der Waals surface area (Å²) in [5, 5.41) is 0.369. The van der Waals surface area contributed by atoms with E-state index in [0.717, 1.165) is 24.2 Å². The van der Waals surface area contributed by atoms with Crippen molar-refractivity contribution >= 4 is 27.5 Å². The van der Waals surface area contributed by atoms with Crippen molar-refractivity contribution in [3.8, 4) is 22.8 Å². The quantitative estimate of drug-likeness (QED) is 0.363. The predicted molar refractivity (Wildman–Crippen MR) is 132 cm³/mol. The number of nitrogens with zero attached hydrogens (tertiary/aromatic N) is 4. The lowest BCUT2D eigenvalue weighted by atomic mass is 9.95. The van der Waals surface area contributed by atoms with Crippen LogP contribution in [0.15, 0.2) is 33.8 Å². The van der Waals surface area contributed by atoms with Gasteiger partial charge < -0.3 is 4.74 Å². The van der Waals surface area contributed by atoms with E-state index in [4.69, 9.17) is 21.3 Å². The van der Waals surface area contributed by atoms with E-state index in [1.807, 2.05) is 19.9 Å². The van der Waals surface area contributed by atoms with Gasteiger partial charge in [0.1, 0.15) is 16.0 Å². The first-order chi connectivity index (χ1) is 15.0. The fourth-order valence-corrected chi connectivity index (χ4v) is 3.80. The molecular formula is C24H28BrClN4O2. The highest BCUT2D eigenvalue weighted by Gasteiger charge is 2.21. The lowest BCUT2D eigenvalue weighted by Gasteiger charge is -2.19. The molecule has 0 aliphatic rings. The third kappa shape index (κ3) is 5.04. The zero-order valence-electron chi connectivity index (χ0n) is 19.3. The first-order valence-corrected chi connectivity index (χ1v) is 11.8. The molecule has 6 nitrogen and oxygen atoms in total. The third-order valence-corrected chi connectivity index (χ3v) is 6.04. The summed E-state index contributed by atoms with van der Waals surface area (Å²) in [7, 11) is 0. The normalized spacial score (nSPS) is 11.6. The van der Waals surface area contributed by atoms with E-state index in [2.05, 4.69) is 53.6 Å². The first-order valence-electron chi connectivity index (χ1n) is 10.6. The minimum absolute atomic E-state index is 0.205. The summed E-state index contributed by atoms with van der Waals surface area (Å²) in [5.41, 5.74) is 3.03. The molecule has 3 heterocycles. The molecule has 0 saturated heterocycles. The number of hydrogen-bond acceptors (Lipinski definition) is 5. The van der Waals surface area contributed by atoms with Gasteiger partial charge in [-0.05, 0) is 47.8 Å². The predicted octanol–water partition coefficient (Wildman–Crippen LogP) is 6.20. The molecule has 3 rings (SSSR count). The summed E-state index contributed by atoms with van der Waals surface area (Å²) in [5.74, 6) is 1.25. The van der Waals surface area contributed by atoms with Crippen molar-refractivity contribution in [2.75, 3.05) is 6.61 Å². The lowest BCUT2D eigenvalue weighted by Crippen LogP contribution is -2.22. The van der Waals surface area contributed by atoms with E-state index < -0.39 is 0 Å². The fraction of sp³-hybridized carbons (Fsp3) is 0.417. The number of rotatable bonds is 6. The monoisotopic (exact) mass is 518 g/mol. The molecule has 3 aromatic rings. The highest BCUT2D eigenvalue weighted by atomic mass is 79.9. The molecule has 0 radical (unpaired) electrons. The molecule has 0 unspecified atom stereocenters. The highest BCUT2D eigenvalue weighted by molar-refractivity contribution is 9.10. The van der Waals surface area contributed by atoms with Crippen LogP contribution in [0.3, 0.4) is 0 Å². The minimum atomic E-state index is -0.245. The van der Waals surface area contributed by atoms with Gasteiger partial charge in [0.25, 0.3) is 5.56 Å². The van der Waals surface area contributed by atoms with E-state index in [-0.39, 0.29) is 11.0 Å². The van der Waals surface area contributed by atoms with E-state index in [1.165, 1.54) is 0 Å². The summed E-state index contributed by atoms with van der Waals surface area (Å²) >= 11 is 9.91. The van der Waals surface area contributed by atoms with Crippen molar-refractivity contribution in [3.63, 3.8) is 0 Å². The van der Waals surface area contributed by atoms with Crippen LogP contribution in [0, 0.1) is 13.8 Å². The van der Waals surface area contributed by atoms with Gasteiger partial charge in [-0.2, -0.15) is 0 Å². The number of ether oxygens (including phenoxy) is 1. The molecule has 0 N–H and O–H groups in total. The maximum Gasteiger partial charge on any atom is 0.273 e. The van der Waals surface area contributed by atoms with Crippen LogP contribution >= 0.6 is 27.5 Å². The lowest BCUT2D eigenvalue weighted by molar-refractivity contribution is 0.306. The molecule has 0 saturated carbocycles.